The van der Waals surface area contributed by atoms with Gasteiger partial charge in [0.05, 0.1) is 24.9 Å². The first-order valence-electron chi connectivity index (χ1n) is 10.6. The molecular weight excluding hydrogens is 383 g/mol. The summed E-state index contributed by atoms with van der Waals surface area (Å²) in [5.41, 5.74) is 3.13. The number of nitrogens with one attached hydrogen (secondary N) is 1. The van der Waals surface area contributed by atoms with Gasteiger partial charge in [0.25, 0.3) is 0 Å². The SMILES string of the molecule is Cc1nc(N2CCOCC2)cc(-n2ncc3cc(C)c([C@@H]4CCNC[C@@H]4F)cc32)n1. The van der Waals surface area contributed by atoms with Crippen molar-refractivity contribution in [3.8, 4) is 5.82 Å². The molecule has 3 aromatic rings. The number of halogens is 1. The number of nitrogens with zero attached hydrogens (tertiary/aromatic N) is 5. The van der Waals surface area contributed by atoms with E-state index in [1.54, 1.807) is 0 Å². The fourth-order valence-electron chi connectivity index (χ4n) is 4.56. The molecule has 2 atom stereocenters. The van der Waals surface area contributed by atoms with Crippen LogP contribution in [-0.2, 0) is 4.74 Å². The number of aromatic nitrogens is 4. The van der Waals surface area contributed by atoms with Crippen molar-refractivity contribution < 1.29 is 9.13 Å². The number of aryl methyl sites for hydroxylation is 2. The number of hydrogen-bond acceptors (Lipinski definition) is 6. The number of fused-ring (bicyclic) bond motifs is 1. The van der Waals surface area contributed by atoms with E-state index in [2.05, 4.69) is 44.3 Å². The van der Waals surface area contributed by atoms with Gasteiger partial charge >= 0.3 is 0 Å². The largest absolute Gasteiger partial charge is 0.378 e. The minimum absolute atomic E-state index is 0.0879. The van der Waals surface area contributed by atoms with Crippen molar-refractivity contribution in [2.24, 2.45) is 0 Å². The molecule has 158 valence electrons. The molecule has 1 aromatic carbocycles. The first-order valence-corrected chi connectivity index (χ1v) is 10.6. The van der Waals surface area contributed by atoms with Gasteiger partial charge in [0, 0.05) is 37.0 Å². The van der Waals surface area contributed by atoms with Crippen LogP contribution in [0.15, 0.2) is 24.4 Å². The Labute approximate surface area is 175 Å². The molecule has 2 fully saturated rings. The Morgan fingerprint density at radius 1 is 1.10 bits per heavy atom. The molecule has 2 aliphatic heterocycles. The molecule has 2 aromatic heterocycles. The highest BCUT2D eigenvalue weighted by Gasteiger charge is 2.28. The minimum Gasteiger partial charge on any atom is -0.378 e. The van der Waals surface area contributed by atoms with E-state index in [1.165, 1.54) is 0 Å². The van der Waals surface area contributed by atoms with E-state index in [4.69, 9.17) is 4.74 Å². The number of anilines is 1. The summed E-state index contributed by atoms with van der Waals surface area (Å²) in [5, 5.41) is 8.79. The summed E-state index contributed by atoms with van der Waals surface area (Å²) < 4.78 is 22.0. The van der Waals surface area contributed by atoms with E-state index in [1.807, 2.05) is 23.9 Å². The van der Waals surface area contributed by atoms with Crippen molar-refractivity contribution in [1.82, 2.24) is 25.1 Å². The summed E-state index contributed by atoms with van der Waals surface area (Å²) in [6, 6.07) is 6.19. The van der Waals surface area contributed by atoms with E-state index < -0.39 is 6.17 Å². The van der Waals surface area contributed by atoms with Gasteiger partial charge in [-0.2, -0.15) is 5.10 Å². The molecule has 0 unspecified atom stereocenters. The van der Waals surface area contributed by atoms with Gasteiger partial charge in [0.1, 0.15) is 17.8 Å². The van der Waals surface area contributed by atoms with Gasteiger partial charge in [-0.05, 0) is 50.1 Å². The molecule has 4 heterocycles. The average molecular weight is 410 g/mol. The van der Waals surface area contributed by atoms with Gasteiger partial charge in [0.2, 0.25) is 0 Å². The Morgan fingerprint density at radius 3 is 2.70 bits per heavy atom. The quantitative estimate of drug-likeness (QED) is 0.716. The van der Waals surface area contributed by atoms with Crippen LogP contribution in [0.25, 0.3) is 16.7 Å². The maximum absolute atomic E-state index is 14.7. The molecule has 0 spiro atoms. The molecule has 2 aliphatic rings. The Balaban J connectivity index is 1.58. The normalized spacial score (nSPS) is 22.6. The number of hydrogen-bond donors (Lipinski definition) is 1. The molecule has 5 rings (SSSR count). The first-order chi connectivity index (χ1) is 14.6. The number of piperidine rings is 1. The van der Waals surface area contributed by atoms with Crippen molar-refractivity contribution in [3.63, 3.8) is 0 Å². The molecule has 7 nitrogen and oxygen atoms in total. The Morgan fingerprint density at radius 2 is 1.90 bits per heavy atom. The summed E-state index contributed by atoms with van der Waals surface area (Å²) in [6.45, 7) is 8.24. The second-order valence-electron chi connectivity index (χ2n) is 8.17. The van der Waals surface area contributed by atoms with Gasteiger partial charge in [-0.1, -0.05) is 0 Å². The highest BCUT2D eigenvalue weighted by Crippen LogP contribution is 2.33. The fourth-order valence-corrected chi connectivity index (χ4v) is 4.56. The van der Waals surface area contributed by atoms with E-state index in [-0.39, 0.29) is 5.92 Å². The zero-order valence-corrected chi connectivity index (χ0v) is 17.4. The highest BCUT2D eigenvalue weighted by atomic mass is 19.1. The molecule has 0 saturated carbocycles. The third-order valence-corrected chi connectivity index (χ3v) is 6.13. The number of ether oxygens (including phenoxy) is 1. The summed E-state index contributed by atoms with van der Waals surface area (Å²) in [5.74, 6) is 2.23. The van der Waals surface area contributed by atoms with Gasteiger partial charge < -0.3 is 15.0 Å². The lowest BCUT2D eigenvalue weighted by atomic mass is 9.85. The van der Waals surface area contributed by atoms with Gasteiger partial charge in [-0.25, -0.2) is 19.0 Å². The molecule has 0 radical (unpaired) electrons. The summed E-state index contributed by atoms with van der Waals surface area (Å²) >= 11 is 0. The van der Waals surface area contributed by atoms with Crippen molar-refractivity contribution >= 4 is 16.7 Å². The van der Waals surface area contributed by atoms with Crippen LogP contribution in [-0.4, -0.2) is 65.3 Å². The minimum atomic E-state index is -0.875. The fraction of sp³-hybridized carbons (Fsp3) is 0.500. The van der Waals surface area contributed by atoms with E-state index in [0.717, 1.165) is 59.7 Å². The van der Waals surface area contributed by atoms with Crippen LogP contribution in [0.4, 0.5) is 10.2 Å². The van der Waals surface area contributed by atoms with Crippen molar-refractivity contribution in [1.29, 1.82) is 0 Å². The maximum Gasteiger partial charge on any atom is 0.159 e. The van der Waals surface area contributed by atoms with Gasteiger partial charge in [0.15, 0.2) is 5.82 Å². The lowest BCUT2D eigenvalue weighted by molar-refractivity contribution is 0.122. The van der Waals surface area contributed by atoms with Crippen LogP contribution in [0, 0.1) is 13.8 Å². The van der Waals surface area contributed by atoms with Crippen LogP contribution in [0.3, 0.4) is 0 Å². The Hall–Kier alpha value is -2.58. The lowest BCUT2D eigenvalue weighted by Crippen LogP contribution is -2.37. The molecule has 1 N–H and O–H groups in total. The van der Waals surface area contributed by atoms with Crippen LogP contribution >= 0.6 is 0 Å². The summed E-state index contributed by atoms with van der Waals surface area (Å²) in [6.07, 6.45) is 1.78. The van der Waals surface area contributed by atoms with Crippen molar-refractivity contribution in [2.75, 3.05) is 44.3 Å². The second kappa shape index (κ2) is 7.92. The van der Waals surface area contributed by atoms with Gasteiger partial charge in [-0.15, -0.1) is 0 Å². The highest BCUT2D eigenvalue weighted by molar-refractivity contribution is 5.82. The van der Waals surface area contributed by atoms with E-state index >= 15 is 0 Å². The predicted molar refractivity (Wildman–Crippen MR) is 114 cm³/mol. The summed E-state index contributed by atoms with van der Waals surface area (Å²) in [7, 11) is 0. The molecule has 0 bridgehead atoms. The number of benzene rings is 1. The summed E-state index contributed by atoms with van der Waals surface area (Å²) in [4.78, 5) is 11.5. The van der Waals surface area contributed by atoms with Gasteiger partial charge in [-0.3, -0.25) is 0 Å². The average Bonchev–Trinajstić information content (AvgIpc) is 3.16. The zero-order valence-electron chi connectivity index (χ0n) is 17.4. The molecule has 8 heteroatoms. The number of alkyl halides is 1. The Kier molecular flexibility index (Phi) is 5.12. The van der Waals surface area contributed by atoms with Crippen LogP contribution in [0.5, 0.6) is 0 Å². The number of morpholine rings is 1. The Bertz CT molecular complexity index is 1060. The molecule has 0 aliphatic carbocycles. The zero-order chi connectivity index (χ0) is 20.7. The molecular formula is C22H27FN6O. The maximum atomic E-state index is 14.7. The van der Waals surface area contributed by atoms with E-state index in [0.29, 0.717) is 25.6 Å². The van der Waals surface area contributed by atoms with E-state index in [9.17, 15) is 4.39 Å². The smallest absolute Gasteiger partial charge is 0.159 e. The predicted octanol–water partition coefficient (Wildman–Crippen LogP) is 2.68. The molecule has 0 amide bonds. The topological polar surface area (TPSA) is 68.1 Å². The standard InChI is InChI=1S/C22H27FN6O/c1-14-9-16-12-25-29(20(16)10-18(14)17-3-4-24-13-19(17)23)22-11-21(26-15(2)27-22)28-5-7-30-8-6-28/h9-12,17,19,24H,3-8,13H2,1-2H3/t17-,19-/m0/s1. The van der Waals surface area contributed by atoms with Crippen LogP contribution < -0.4 is 10.2 Å². The third kappa shape index (κ3) is 3.54. The second-order valence-corrected chi connectivity index (χ2v) is 8.17. The van der Waals surface area contributed by atoms with Crippen molar-refractivity contribution in [3.05, 3.63) is 41.3 Å². The van der Waals surface area contributed by atoms with Crippen LogP contribution in [0.1, 0.15) is 29.3 Å². The van der Waals surface area contributed by atoms with Crippen LogP contribution in [0.2, 0.25) is 0 Å². The monoisotopic (exact) mass is 410 g/mol. The first kappa shape index (κ1) is 19.4. The number of rotatable bonds is 3. The lowest BCUT2D eigenvalue weighted by Gasteiger charge is -2.28. The third-order valence-electron chi connectivity index (χ3n) is 6.13. The molecule has 2 saturated heterocycles. The van der Waals surface area contributed by atoms with Crippen molar-refractivity contribution in [2.45, 2.75) is 32.4 Å². The molecule has 30 heavy (non-hydrogen) atoms.